The van der Waals surface area contributed by atoms with Gasteiger partial charge in [0.2, 0.25) is 0 Å². The summed E-state index contributed by atoms with van der Waals surface area (Å²) < 4.78 is 21.0. The van der Waals surface area contributed by atoms with Crippen LogP contribution in [0.2, 0.25) is 0 Å². The quantitative estimate of drug-likeness (QED) is 0.632. The minimum absolute atomic E-state index is 0.00856. The van der Waals surface area contributed by atoms with E-state index >= 15 is 4.39 Å². The molecule has 1 aromatic rings. The molecule has 0 bridgehead atoms. The number of hydrogen-bond donors (Lipinski definition) is 1. The van der Waals surface area contributed by atoms with Crippen molar-refractivity contribution in [3.8, 4) is 0 Å². The minimum atomic E-state index is -0.969. The molecule has 3 aliphatic rings. The third-order valence-corrected chi connectivity index (χ3v) is 7.88. The number of allylic oxidation sites excluding steroid dienone is 1. The lowest BCUT2D eigenvalue weighted by Crippen LogP contribution is -2.49. The predicted molar refractivity (Wildman–Crippen MR) is 140 cm³/mol. The fourth-order valence-electron chi connectivity index (χ4n) is 5.76. The molecular weight excluding hydrogens is 443 g/mol. The van der Waals surface area contributed by atoms with Crippen LogP contribution in [0.25, 0.3) is 0 Å². The Morgan fingerprint density at radius 1 is 1.17 bits per heavy atom. The SMILES string of the molecule is Cc1cccc(N2CCC(C(F)CN=C3CCCC3=C(N)C(=O)N3C[C@@H](C)O[C@@H](C)C3)CC2)c1C. The van der Waals surface area contributed by atoms with Gasteiger partial charge in [0.25, 0.3) is 5.91 Å². The average molecular weight is 485 g/mol. The molecule has 2 saturated heterocycles. The number of halogens is 1. The molecule has 1 unspecified atom stereocenters. The highest BCUT2D eigenvalue weighted by molar-refractivity contribution is 6.09. The van der Waals surface area contributed by atoms with Gasteiger partial charge in [0.05, 0.1) is 18.8 Å². The van der Waals surface area contributed by atoms with Crippen LogP contribution in [0.1, 0.15) is 57.1 Å². The number of hydrogen-bond acceptors (Lipinski definition) is 5. The number of aryl methyl sites for hydroxylation is 1. The summed E-state index contributed by atoms with van der Waals surface area (Å²) in [6.07, 6.45) is 3.07. The zero-order chi connectivity index (χ0) is 25.1. The molecule has 4 rings (SSSR count). The van der Waals surface area contributed by atoms with E-state index in [0.29, 0.717) is 13.1 Å². The van der Waals surface area contributed by atoms with Crippen LogP contribution in [0.5, 0.6) is 0 Å². The molecule has 1 amide bonds. The van der Waals surface area contributed by atoms with E-state index in [-0.39, 0.29) is 36.3 Å². The Labute approximate surface area is 209 Å². The first-order valence-electron chi connectivity index (χ1n) is 13.2. The molecule has 2 aliphatic heterocycles. The number of nitrogens with zero attached hydrogens (tertiary/aromatic N) is 3. The largest absolute Gasteiger partial charge is 0.394 e. The molecule has 2 N–H and O–H groups in total. The van der Waals surface area contributed by atoms with E-state index in [0.717, 1.165) is 56.5 Å². The van der Waals surface area contributed by atoms with Crippen molar-refractivity contribution in [1.29, 1.82) is 0 Å². The van der Waals surface area contributed by atoms with Crippen LogP contribution in [-0.2, 0) is 9.53 Å². The number of anilines is 1. The summed E-state index contributed by atoms with van der Waals surface area (Å²) in [5.74, 6) is -0.128. The highest BCUT2D eigenvalue weighted by atomic mass is 19.1. The van der Waals surface area contributed by atoms with Crippen LogP contribution >= 0.6 is 0 Å². The summed E-state index contributed by atoms with van der Waals surface area (Å²) in [6.45, 7) is 11.2. The molecule has 6 nitrogen and oxygen atoms in total. The number of rotatable bonds is 5. The van der Waals surface area contributed by atoms with Crippen molar-refractivity contribution in [2.45, 2.75) is 78.2 Å². The zero-order valence-electron chi connectivity index (χ0n) is 21.7. The second-order valence-corrected chi connectivity index (χ2v) is 10.6. The molecular formula is C28H41FN4O2. The molecule has 3 fully saturated rings. The number of morpholine rings is 1. The van der Waals surface area contributed by atoms with Crippen molar-refractivity contribution in [1.82, 2.24) is 4.90 Å². The summed E-state index contributed by atoms with van der Waals surface area (Å²) in [6, 6.07) is 6.40. The summed E-state index contributed by atoms with van der Waals surface area (Å²) in [5.41, 5.74) is 12.1. The van der Waals surface area contributed by atoms with Gasteiger partial charge < -0.3 is 20.3 Å². The number of carbonyl (C=O) groups excluding carboxylic acids is 1. The second kappa shape index (κ2) is 11.1. The Morgan fingerprint density at radius 2 is 1.86 bits per heavy atom. The number of aliphatic imine (C=N–C) groups is 1. The first-order chi connectivity index (χ1) is 16.7. The second-order valence-electron chi connectivity index (χ2n) is 10.6. The van der Waals surface area contributed by atoms with Crippen LogP contribution in [0.3, 0.4) is 0 Å². The molecule has 0 spiro atoms. The number of benzene rings is 1. The van der Waals surface area contributed by atoms with Gasteiger partial charge in [0.15, 0.2) is 0 Å². The summed E-state index contributed by atoms with van der Waals surface area (Å²) >= 11 is 0. The third-order valence-electron chi connectivity index (χ3n) is 7.88. The number of alkyl halides is 1. The van der Waals surface area contributed by atoms with E-state index in [1.807, 2.05) is 13.8 Å². The lowest BCUT2D eigenvalue weighted by Gasteiger charge is -2.36. The minimum Gasteiger partial charge on any atom is -0.394 e. The Bertz CT molecular complexity index is 973. The highest BCUT2D eigenvalue weighted by Gasteiger charge is 2.31. The van der Waals surface area contributed by atoms with Crippen LogP contribution in [0, 0.1) is 19.8 Å². The fourth-order valence-corrected chi connectivity index (χ4v) is 5.76. The first kappa shape index (κ1) is 25.7. The molecule has 2 heterocycles. The van der Waals surface area contributed by atoms with E-state index in [2.05, 4.69) is 41.9 Å². The molecule has 192 valence electrons. The lowest BCUT2D eigenvalue weighted by atomic mass is 9.91. The van der Waals surface area contributed by atoms with Gasteiger partial charge in [0.1, 0.15) is 11.9 Å². The van der Waals surface area contributed by atoms with E-state index < -0.39 is 6.17 Å². The van der Waals surface area contributed by atoms with E-state index in [4.69, 9.17) is 10.5 Å². The Balaban J connectivity index is 1.35. The third kappa shape index (κ3) is 5.88. The standard InChI is InChI=1S/C28H41FN4O2/c1-18-7-5-10-26(21(18)4)32-13-11-22(12-14-32)24(29)15-31-25-9-6-8-23(25)27(30)28(34)33-16-19(2)35-20(3)17-33/h5,7,10,19-20,22,24H,6,8-9,11-17,30H2,1-4H3/t19-,20+,24?. The van der Waals surface area contributed by atoms with Crippen molar-refractivity contribution in [3.05, 3.63) is 40.6 Å². The van der Waals surface area contributed by atoms with Crippen molar-refractivity contribution in [3.63, 3.8) is 0 Å². The topological polar surface area (TPSA) is 71.2 Å². The fraction of sp³-hybridized carbons (Fsp3) is 0.643. The summed E-state index contributed by atoms with van der Waals surface area (Å²) in [5, 5.41) is 0. The molecule has 1 aliphatic carbocycles. The van der Waals surface area contributed by atoms with E-state index in [1.54, 1.807) is 4.90 Å². The molecule has 0 aromatic heterocycles. The monoisotopic (exact) mass is 484 g/mol. The zero-order valence-corrected chi connectivity index (χ0v) is 21.7. The highest BCUT2D eigenvalue weighted by Crippen LogP contribution is 2.31. The number of carbonyl (C=O) groups is 1. The van der Waals surface area contributed by atoms with E-state index in [1.165, 1.54) is 16.8 Å². The van der Waals surface area contributed by atoms with Crippen molar-refractivity contribution < 1.29 is 13.9 Å². The Kier molecular flexibility index (Phi) is 8.15. The number of piperidine rings is 1. The Hall–Kier alpha value is -2.41. The summed E-state index contributed by atoms with van der Waals surface area (Å²) in [4.78, 5) is 21.9. The van der Waals surface area contributed by atoms with Gasteiger partial charge in [-0.05, 0) is 82.9 Å². The van der Waals surface area contributed by atoms with Crippen molar-refractivity contribution in [2.24, 2.45) is 16.6 Å². The Morgan fingerprint density at radius 3 is 2.54 bits per heavy atom. The van der Waals surface area contributed by atoms with Crippen LogP contribution in [0.15, 0.2) is 34.5 Å². The van der Waals surface area contributed by atoms with Gasteiger partial charge in [0, 0.05) is 43.2 Å². The molecule has 1 aromatic carbocycles. The van der Waals surface area contributed by atoms with Gasteiger partial charge in [-0.2, -0.15) is 0 Å². The van der Waals surface area contributed by atoms with Crippen LogP contribution in [-0.4, -0.2) is 67.6 Å². The summed E-state index contributed by atoms with van der Waals surface area (Å²) in [7, 11) is 0. The molecule has 7 heteroatoms. The molecule has 0 radical (unpaired) electrons. The van der Waals surface area contributed by atoms with Gasteiger partial charge in [-0.3, -0.25) is 9.79 Å². The molecule has 35 heavy (non-hydrogen) atoms. The number of amides is 1. The van der Waals surface area contributed by atoms with Crippen molar-refractivity contribution in [2.75, 3.05) is 37.6 Å². The number of ether oxygens (including phenoxy) is 1. The maximum atomic E-state index is 15.2. The first-order valence-corrected chi connectivity index (χ1v) is 13.2. The van der Waals surface area contributed by atoms with Gasteiger partial charge in [-0.25, -0.2) is 4.39 Å². The van der Waals surface area contributed by atoms with Gasteiger partial charge >= 0.3 is 0 Å². The maximum absolute atomic E-state index is 15.2. The number of nitrogens with two attached hydrogens (primary N) is 1. The predicted octanol–water partition coefficient (Wildman–Crippen LogP) is 4.33. The van der Waals surface area contributed by atoms with E-state index in [9.17, 15) is 4.79 Å². The van der Waals surface area contributed by atoms with Gasteiger partial charge in [-0.1, -0.05) is 12.1 Å². The van der Waals surface area contributed by atoms with Gasteiger partial charge in [-0.15, -0.1) is 0 Å². The normalized spacial score (nSPS) is 27.4. The van der Waals surface area contributed by atoms with Crippen LogP contribution < -0.4 is 10.6 Å². The average Bonchev–Trinajstić information content (AvgIpc) is 3.31. The van der Waals surface area contributed by atoms with Crippen LogP contribution in [0.4, 0.5) is 10.1 Å². The molecule has 1 saturated carbocycles. The molecule has 3 atom stereocenters. The lowest BCUT2D eigenvalue weighted by molar-refractivity contribution is -0.139. The smallest absolute Gasteiger partial charge is 0.270 e. The maximum Gasteiger partial charge on any atom is 0.270 e. The van der Waals surface area contributed by atoms with Crippen molar-refractivity contribution >= 4 is 17.3 Å².